The summed E-state index contributed by atoms with van der Waals surface area (Å²) in [6.45, 7) is 14.9. The molecule has 0 aliphatic heterocycles. The Balaban J connectivity index is 1.92. The quantitative estimate of drug-likeness (QED) is 0.261. The summed E-state index contributed by atoms with van der Waals surface area (Å²) in [6.07, 6.45) is 10.9. The first-order valence-electron chi connectivity index (χ1n) is 14.8. The van der Waals surface area contributed by atoms with Crippen LogP contribution in [0, 0.1) is 21.7 Å². The van der Waals surface area contributed by atoms with Crippen LogP contribution in [0.25, 0.3) is 11.1 Å². The molecule has 2 N–H and O–H groups in total. The Morgan fingerprint density at radius 2 is 0.976 bits per heavy atom. The summed E-state index contributed by atoms with van der Waals surface area (Å²) in [5, 5.41) is 19.0. The Bertz CT molecular complexity index is 1300. The minimum absolute atomic E-state index is 0.0929. The predicted octanol–water partition coefficient (Wildman–Crippen LogP) is 8.09. The van der Waals surface area contributed by atoms with Crippen molar-refractivity contribution < 1.29 is 29.4 Å². The Morgan fingerprint density at radius 1 is 0.643 bits per heavy atom. The molecule has 1 aromatic rings. The van der Waals surface area contributed by atoms with Crippen LogP contribution in [0.1, 0.15) is 105 Å². The van der Waals surface area contributed by atoms with Gasteiger partial charge in [-0.15, -0.1) is 0 Å². The van der Waals surface area contributed by atoms with Crippen molar-refractivity contribution in [3.05, 3.63) is 70.8 Å². The number of carbonyl (C=O) groups excluding carboxylic acids is 2. The van der Waals surface area contributed by atoms with Gasteiger partial charge in [0.2, 0.25) is 0 Å². The number of rotatable bonds is 12. The summed E-state index contributed by atoms with van der Waals surface area (Å²) in [5.41, 5.74) is 1.31. The lowest BCUT2D eigenvalue weighted by molar-refractivity contribution is -0.148. The van der Waals surface area contributed by atoms with Gasteiger partial charge in [-0.1, -0.05) is 76.3 Å². The highest BCUT2D eigenvalue weighted by Crippen LogP contribution is 2.42. The first-order chi connectivity index (χ1) is 19.3. The van der Waals surface area contributed by atoms with E-state index in [0.29, 0.717) is 71.9 Å². The first kappa shape index (κ1) is 33.0. The summed E-state index contributed by atoms with van der Waals surface area (Å²) >= 11 is 0. The molecule has 226 valence electrons. The third-order valence-corrected chi connectivity index (χ3v) is 8.36. The van der Waals surface area contributed by atoms with Gasteiger partial charge in [-0.3, -0.25) is 19.2 Å². The number of Topliss-reactive ketones (excluding diaryl/α,β-unsaturated/α-hetero) is 2. The predicted molar refractivity (Wildman–Crippen MR) is 167 cm³/mol. The number of hydrogen-bond donors (Lipinski definition) is 2. The molecule has 0 saturated carbocycles. The van der Waals surface area contributed by atoms with Crippen molar-refractivity contribution >= 4 is 34.7 Å². The van der Waals surface area contributed by atoms with E-state index in [4.69, 9.17) is 0 Å². The minimum Gasteiger partial charge on any atom is -0.481 e. The molecule has 3 rings (SSSR count). The van der Waals surface area contributed by atoms with Gasteiger partial charge in [0.25, 0.3) is 0 Å². The molecular formula is C36H46O6. The maximum atomic E-state index is 13.9. The lowest BCUT2D eigenvalue weighted by Crippen LogP contribution is -2.24. The fourth-order valence-electron chi connectivity index (χ4n) is 5.71. The molecule has 0 heterocycles. The number of hydrogen-bond acceptors (Lipinski definition) is 4. The zero-order valence-electron chi connectivity index (χ0n) is 26.4. The molecule has 0 spiro atoms. The molecular weight excluding hydrogens is 528 g/mol. The highest BCUT2D eigenvalue weighted by atomic mass is 16.4. The highest BCUT2D eigenvalue weighted by Gasteiger charge is 2.34. The Kier molecular flexibility index (Phi) is 9.41. The van der Waals surface area contributed by atoms with Crippen molar-refractivity contribution in [1.82, 2.24) is 0 Å². The molecule has 6 nitrogen and oxygen atoms in total. The van der Waals surface area contributed by atoms with E-state index in [1.165, 1.54) is 0 Å². The van der Waals surface area contributed by atoms with Crippen molar-refractivity contribution in [2.24, 2.45) is 21.7 Å². The summed E-state index contributed by atoms with van der Waals surface area (Å²) in [4.78, 5) is 50.9. The average molecular weight is 575 g/mol. The monoisotopic (exact) mass is 574 g/mol. The number of allylic oxidation sites excluding steroid dienone is 8. The number of carboxylic acid groups (broad SMARTS) is 2. The smallest absolute Gasteiger partial charge is 0.309 e. The Labute approximate surface area is 250 Å². The fourth-order valence-corrected chi connectivity index (χ4v) is 5.71. The van der Waals surface area contributed by atoms with Crippen LogP contribution >= 0.6 is 0 Å². The molecule has 0 unspecified atom stereocenters. The molecule has 0 amide bonds. The molecule has 0 radical (unpaired) electrons. The molecule has 2 aliphatic rings. The second kappa shape index (κ2) is 12.0. The maximum absolute atomic E-state index is 13.9. The van der Waals surface area contributed by atoms with Crippen LogP contribution in [-0.2, 0) is 19.2 Å². The van der Waals surface area contributed by atoms with E-state index < -0.39 is 33.6 Å². The molecule has 0 saturated heterocycles. The van der Waals surface area contributed by atoms with Crippen molar-refractivity contribution in [3.63, 3.8) is 0 Å². The van der Waals surface area contributed by atoms with Gasteiger partial charge in [-0.2, -0.15) is 0 Å². The maximum Gasteiger partial charge on any atom is 0.309 e. The van der Waals surface area contributed by atoms with Crippen LogP contribution < -0.4 is 0 Å². The van der Waals surface area contributed by atoms with Gasteiger partial charge in [0, 0.05) is 22.0 Å². The van der Waals surface area contributed by atoms with Gasteiger partial charge in [-0.25, -0.2) is 0 Å². The Morgan fingerprint density at radius 3 is 1.29 bits per heavy atom. The van der Waals surface area contributed by atoms with Gasteiger partial charge >= 0.3 is 11.9 Å². The highest BCUT2D eigenvalue weighted by molar-refractivity contribution is 6.34. The van der Waals surface area contributed by atoms with Gasteiger partial charge in [0.1, 0.15) is 0 Å². The zero-order chi connectivity index (χ0) is 31.7. The summed E-state index contributed by atoms with van der Waals surface area (Å²) in [5.74, 6) is -1.89. The van der Waals surface area contributed by atoms with E-state index in [0.717, 1.165) is 0 Å². The SMILES string of the molecule is CC1(C)C=C(CCCC(C)(C)C(=O)O)C(=O)C(c2ccccc2C2=CC(C)(C)C=C(CCCC(C)(C)C(=O)O)C2=O)=C1. The van der Waals surface area contributed by atoms with Crippen LogP contribution in [0.2, 0.25) is 0 Å². The second-order valence-electron chi connectivity index (χ2n) is 14.4. The van der Waals surface area contributed by atoms with Crippen LogP contribution in [-0.4, -0.2) is 33.7 Å². The molecule has 42 heavy (non-hydrogen) atoms. The third kappa shape index (κ3) is 7.64. The van der Waals surface area contributed by atoms with Crippen molar-refractivity contribution in [1.29, 1.82) is 0 Å². The molecule has 0 fully saturated rings. The summed E-state index contributed by atoms with van der Waals surface area (Å²) < 4.78 is 0. The van der Waals surface area contributed by atoms with Gasteiger partial charge in [-0.05, 0) is 88.5 Å². The summed E-state index contributed by atoms with van der Waals surface area (Å²) in [7, 11) is 0. The van der Waals surface area contributed by atoms with E-state index in [2.05, 4.69) is 0 Å². The van der Waals surface area contributed by atoms with Crippen molar-refractivity contribution in [3.8, 4) is 0 Å². The van der Waals surface area contributed by atoms with E-state index in [1.807, 2.05) is 76.3 Å². The topological polar surface area (TPSA) is 109 Å². The molecule has 1 aromatic carbocycles. The standard InChI is InChI=1S/C36H46O6/c1-33(2)19-23(13-11-17-35(5,6)31(39)40)29(37)27(21-33)25-15-9-10-16-26(25)28-22-34(3,4)20-24(30(28)38)14-12-18-36(7,8)32(41)42/h9-10,15-16,19-22H,11-14,17-18H2,1-8H3,(H,39,40)(H,41,42). The molecule has 0 aromatic heterocycles. The number of ketones is 2. The Hall–Kier alpha value is -3.54. The largest absolute Gasteiger partial charge is 0.481 e. The average Bonchev–Trinajstić information content (AvgIpc) is 2.87. The summed E-state index contributed by atoms with van der Waals surface area (Å²) in [6, 6.07) is 7.52. The van der Waals surface area contributed by atoms with Gasteiger partial charge in [0.05, 0.1) is 10.8 Å². The van der Waals surface area contributed by atoms with Crippen LogP contribution in [0.15, 0.2) is 59.7 Å². The molecule has 0 bridgehead atoms. The number of benzene rings is 1. The number of carbonyl (C=O) groups is 4. The van der Waals surface area contributed by atoms with Crippen molar-refractivity contribution in [2.45, 2.75) is 93.9 Å². The fraction of sp³-hybridized carbons (Fsp3) is 0.500. The molecule has 0 atom stereocenters. The van der Waals surface area contributed by atoms with Crippen molar-refractivity contribution in [2.75, 3.05) is 0 Å². The molecule has 2 aliphatic carbocycles. The van der Waals surface area contributed by atoms with E-state index in [-0.39, 0.29) is 11.6 Å². The first-order valence-corrected chi connectivity index (χ1v) is 14.8. The third-order valence-electron chi connectivity index (χ3n) is 8.36. The molecule has 6 heteroatoms. The van der Waals surface area contributed by atoms with Gasteiger partial charge in [0.15, 0.2) is 11.6 Å². The van der Waals surface area contributed by atoms with Crippen LogP contribution in [0.5, 0.6) is 0 Å². The van der Waals surface area contributed by atoms with Crippen LogP contribution in [0.4, 0.5) is 0 Å². The lowest BCUT2D eigenvalue weighted by Gasteiger charge is -2.29. The van der Waals surface area contributed by atoms with E-state index in [9.17, 15) is 29.4 Å². The number of carboxylic acids is 2. The lowest BCUT2D eigenvalue weighted by atomic mass is 9.73. The second-order valence-corrected chi connectivity index (χ2v) is 14.4. The number of aliphatic carboxylic acids is 2. The van der Waals surface area contributed by atoms with Gasteiger partial charge < -0.3 is 10.2 Å². The van der Waals surface area contributed by atoms with Crippen LogP contribution in [0.3, 0.4) is 0 Å². The van der Waals surface area contributed by atoms with E-state index in [1.54, 1.807) is 27.7 Å². The normalized spacial score (nSPS) is 18.6. The zero-order valence-corrected chi connectivity index (χ0v) is 26.4. The van der Waals surface area contributed by atoms with E-state index >= 15 is 0 Å². The minimum atomic E-state index is -0.867.